The molecular formula is C27H45N3O3. The molecule has 0 bridgehead atoms. The molecular weight excluding hydrogens is 414 g/mol. The molecule has 6 heteroatoms. The van der Waals surface area contributed by atoms with Crippen LogP contribution in [0, 0.1) is 29.1 Å². The molecule has 0 aromatic heterocycles. The first kappa shape index (κ1) is 23.7. The monoisotopic (exact) mass is 459 g/mol. The van der Waals surface area contributed by atoms with Crippen LogP contribution < -0.4 is 5.32 Å². The zero-order valence-electron chi connectivity index (χ0n) is 21.1. The van der Waals surface area contributed by atoms with Crippen LogP contribution in [-0.4, -0.2) is 79.0 Å². The van der Waals surface area contributed by atoms with Crippen molar-refractivity contribution < 1.29 is 14.3 Å². The lowest BCUT2D eigenvalue weighted by molar-refractivity contribution is -0.127. The molecule has 5 rings (SSSR count). The Kier molecular flexibility index (Phi) is 6.89. The minimum atomic E-state index is 0.0348. The topological polar surface area (TPSA) is 61.9 Å². The lowest BCUT2D eigenvalue weighted by Gasteiger charge is -2.45. The number of carbonyl (C=O) groups is 2. The van der Waals surface area contributed by atoms with Crippen LogP contribution in [0.15, 0.2) is 0 Å². The van der Waals surface area contributed by atoms with E-state index in [-0.39, 0.29) is 29.2 Å². The minimum Gasteiger partial charge on any atom is -0.379 e. The van der Waals surface area contributed by atoms with Gasteiger partial charge in [-0.2, -0.15) is 0 Å². The van der Waals surface area contributed by atoms with E-state index in [2.05, 4.69) is 35.9 Å². The largest absolute Gasteiger partial charge is 0.379 e. The standard InChI is InChI=1S/C27H45N3O3/c1-18-16-33-12-11-30(18)21-8-7-20-13-23(26(32)19-5-6-19)25(22(20)14-21)28-24(31)15-29-10-4-9-27(2,3)17-29/h18-23,25H,4-17H2,1-3H3,(H,28,31). The van der Waals surface area contributed by atoms with Gasteiger partial charge in [0.05, 0.1) is 19.8 Å². The summed E-state index contributed by atoms with van der Waals surface area (Å²) in [6.45, 7) is 12.0. The zero-order chi connectivity index (χ0) is 23.2. The smallest absolute Gasteiger partial charge is 0.234 e. The highest BCUT2D eigenvalue weighted by Crippen LogP contribution is 2.49. The molecule has 2 aliphatic heterocycles. The highest BCUT2D eigenvalue weighted by atomic mass is 16.5. The summed E-state index contributed by atoms with van der Waals surface area (Å²) in [6.07, 6.45) is 9.04. The van der Waals surface area contributed by atoms with Gasteiger partial charge in [0.25, 0.3) is 0 Å². The van der Waals surface area contributed by atoms with E-state index in [0.717, 1.165) is 65.0 Å². The van der Waals surface area contributed by atoms with Gasteiger partial charge in [0.1, 0.15) is 5.78 Å². The zero-order valence-corrected chi connectivity index (χ0v) is 21.1. The lowest BCUT2D eigenvalue weighted by atomic mass is 9.76. The van der Waals surface area contributed by atoms with Crippen LogP contribution in [0.5, 0.6) is 0 Å². The molecule has 5 fully saturated rings. The number of ketones is 1. The van der Waals surface area contributed by atoms with Gasteiger partial charge in [-0.15, -0.1) is 0 Å². The van der Waals surface area contributed by atoms with Crippen LogP contribution in [0.3, 0.4) is 0 Å². The van der Waals surface area contributed by atoms with Crippen LogP contribution in [0.25, 0.3) is 0 Å². The van der Waals surface area contributed by atoms with E-state index in [4.69, 9.17) is 4.74 Å². The maximum absolute atomic E-state index is 13.3. The van der Waals surface area contributed by atoms with Crippen LogP contribution >= 0.6 is 0 Å². The van der Waals surface area contributed by atoms with Crippen molar-refractivity contribution in [3.8, 4) is 0 Å². The van der Waals surface area contributed by atoms with Crippen molar-refractivity contribution in [2.75, 3.05) is 39.4 Å². The van der Waals surface area contributed by atoms with Crippen molar-refractivity contribution in [2.45, 2.75) is 90.3 Å². The summed E-state index contributed by atoms with van der Waals surface area (Å²) in [7, 11) is 0. The fraction of sp³-hybridized carbons (Fsp3) is 0.926. The van der Waals surface area contributed by atoms with Crippen molar-refractivity contribution in [3.05, 3.63) is 0 Å². The van der Waals surface area contributed by atoms with Crippen molar-refractivity contribution in [3.63, 3.8) is 0 Å². The molecule has 6 unspecified atom stereocenters. The van der Waals surface area contributed by atoms with Gasteiger partial charge in [0, 0.05) is 43.1 Å². The van der Waals surface area contributed by atoms with E-state index in [1.807, 2.05) is 0 Å². The highest BCUT2D eigenvalue weighted by Gasteiger charge is 2.52. The molecule has 6 nitrogen and oxygen atoms in total. The van der Waals surface area contributed by atoms with Crippen LogP contribution in [0.1, 0.15) is 72.1 Å². The Labute approximate surface area is 200 Å². The number of ether oxygens (including phenoxy) is 1. The molecule has 5 aliphatic rings. The molecule has 1 amide bonds. The molecule has 0 spiro atoms. The number of amides is 1. The molecule has 33 heavy (non-hydrogen) atoms. The number of hydrogen-bond acceptors (Lipinski definition) is 5. The van der Waals surface area contributed by atoms with E-state index in [9.17, 15) is 9.59 Å². The summed E-state index contributed by atoms with van der Waals surface area (Å²) >= 11 is 0. The fourth-order valence-corrected chi connectivity index (χ4v) is 7.62. The van der Waals surface area contributed by atoms with E-state index in [0.29, 0.717) is 36.2 Å². The Morgan fingerprint density at radius 2 is 1.91 bits per heavy atom. The average Bonchev–Trinajstić information content (AvgIpc) is 3.56. The lowest BCUT2D eigenvalue weighted by Crippen LogP contribution is -2.54. The SMILES string of the molecule is CC1COCCN1C1CCC2CC(C(=O)C3CC3)C(NC(=O)CN3CCCC(C)(C)C3)C2C1. The van der Waals surface area contributed by atoms with Gasteiger partial charge in [0.15, 0.2) is 0 Å². The van der Waals surface area contributed by atoms with Crippen molar-refractivity contribution >= 4 is 11.7 Å². The molecule has 186 valence electrons. The van der Waals surface area contributed by atoms with Gasteiger partial charge >= 0.3 is 0 Å². The van der Waals surface area contributed by atoms with Gasteiger partial charge in [-0.1, -0.05) is 13.8 Å². The first-order valence-electron chi connectivity index (χ1n) is 13.7. The summed E-state index contributed by atoms with van der Waals surface area (Å²) in [4.78, 5) is 31.5. The van der Waals surface area contributed by atoms with Crippen LogP contribution in [0.4, 0.5) is 0 Å². The van der Waals surface area contributed by atoms with Gasteiger partial charge < -0.3 is 10.1 Å². The Morgan fingerprint density at radius 3 is 2.64 bits per heavy atom. The number of rotatable bonds is 6. The summed E-state index contributed by atoms with van der Waals surface area (Å²) in [5.74, 6) is 1.92. The number of carbonyl (C=O) groups excluding carboxylic acids is 2. The normalized spacial score (nSPS) is 39.7. The van der Waals surface area contributed by atoms with E-state index < -0.39 is 0 Å². The summed E-state index contributed by atoms with van der Waals surface area (Å²) in [5.41, 5.74) is 0.285. The number of nitrogens with one attached hydrogen (secondary N) is 1. The number of likely N-dealkylation sites (tertiary alicyclic amines) is 1. The van der Waals surface area contributed by atoms with Crippen molar-refractivity contribution in [1.29, 1.82) is 0 Å². The fourth-order valence-electron chi connectivity index (χ4n) is 7.62. The highest BCUT2D eigenvalue weighted by molar-refractivity contribution is 5.87. The average molecular weight is 460 g/mol. The van der Waals surface area contributed by atoms with E-state index in [1.54, 1.807) is 0 Å². The molecule has 3 aliphatic carbocycles. The number of morpholine rings is 1. The van der Waals surface area contributed by atoms with Crippen molar-refractivity contribution in [2.24, 2.45) is 29.1 Å². The van der Waals surface area contributed by atoms with Crippen molar-refractivity contribution in [1.82, 2.24) is 15.1 Å². The minimum absolute atomic E-state index is 0.0348. The third-order valence-corrected chi connectivity index (χ3v) is 9.38. The summed E-state index contributed by atoms with van der Waals surface area (Å²) < 4.78 is 5.68. The predicted molar refractivity (Wildman–Crippen MR) is 129 cm³/mol. The molecule has 2 heterocycles. The van der Waals surface area contributed by atoms with Crippen LogP contribution in [0.2, 0.25) is 0 Å². The van der Waals surface area contributed by atoms with Gasteiger partial charge in [0.2, 0.25) is 5.91 Å². The Hall–Kier alpha value is -0.980. The number of piperidine rings is 1. The second-order valence-corrected chi connectivity index (χ2v) is 12.6. The molecule has 0 aromatic carbocycles. The second-order valence-electron chi connectivity index (χ2n) is 12.6. The first-order chi connectivity index (χ1) is 15.8. The molecule has 0 radical (unpaired) electrons. The Bertz CT molecular complexity index is 736. The Morgan fingerprint density at radius 1 is 1.09 bits per heavy atom. The molecule has 2 saturated heterocycles. The number of Topliss-reactive ketones (excluding diaryl/α,β-unsaturated/α-hetero) is 1. The predicted octanol–water partition coefficient (Wildman–Crippen LogP) is 3.10. The molecule has 1 N–H and O–H groups in total. The van der Waals surface area contributed by atoms with Gasteiger partial charge in [-0.05, 0) is 82.1 Å². The van der Waals surface area contributed by atoms with E-state index >= 15 is 0 Å². The third kappa shape index (κ3) is 5.33. The maximum Gasteiger partial charge on any atom is 0.234 e. The second kappa shape index (κ2) is 9.58. The number of nitrogens with zero attached hydrogens (tertiary/aromatic N) is 2. The number of fused-ring (bicyclic) bond motifs is 1. The summed E-state index contributed by atoms with van der Waals surface area (Å²) in [6, 6.07) is 1.05. The first-order valence-corrected chi connectivity index (χ1v) is 13.7. The van der Waals surface area contributed by atoms with Gasteiger partial charge in [-0.3, -0.25) is 19.4 Å². The van der Waals surface area contributed by atoms with Crippen LogP contribution in [-0.2, 0) is 14.3 Å². The molecule has 3 saturated carbocycles. The molecule has 0 aromatic rings. The molecule has 6 atom stereocenters. The Balaban J connectivity index is 1.27. The third-order valence-electron chi connectivity index (χ3n) is 9.38. The summed E-state index contributed by atoms with van der Waals surface area (Å²) in [5, 5.41) is 3.46. The van der Waals surface area contributed by atoms with E-state index in [1.165, 1.54) is 19.3 Å². The number of hydrogen-bond donors (Lipinski definition) is 1. The maximum atomic E-state index is 13.3. The van der Waals surface area contributed by atoms with Gasteiger partial charge in [-0.25, -0.2) is 0 Å². The quantitative estimate of drug-likeness (QED) is 0.661.